The zero-order valence-electron chi connectivity index (χ0n) is 23.5. The van der Waals surface area contributed by atoms with Crippen LogP contribution in [0.3, 0.4) is 0 Å². The SMILES string of the molecule is Cc1noc(C)c1-c1ccc2c(c1)Cc1cccc(c1)CN(C(=O)CCn1ncc3ccccc31)CCOCCO2. The number of aryl methyl sites for hydroxylation is 3. The Bertz CT molecular complexity index is 1650. The summed E-state index contributed by atoms with van der Waals surface area (Å²) in [4.78, 5) is 15.3. The van der Waals surface area contributed by atoms with Gasteiger partial charge in [0.1, 0.15) is 18.1 Å². The summed E-state index contributed by atoms with van der Waals surface area (Å²) in [5, 5.41) is 9.69. The molecule has 3 aromatic carbocycles. The number of hydrogen-bond acceptors (Lipinski definition) is 6. The topological polar surface area (TPSA) is 82.6 Å². The summed E-state index contributed by atoms with van der Waals surface area (Å²) in [5.41, 5.74) is 7.30. The summed E-state index contributed by atoms with van der Waals surface area (Å²) in [6, 6.07) is 22.7. The van der Waals surface area contributed by atoms with Gasteiger partial charge in [-0.05, 0) is 54.3 Å². The predicted octanol–water partition coefficient (Wildman–Crippen LogP) is 5.73. The van der Waals surface area contributed by atoms with Gasteiger partial charge in [0.2, 0.25) is 5.91 Å². The van der Waals surface area contributed by atoms with Gasteiger partial charge < -0.3 is 18.9 Å². The number of fused-ring (bicyclic) bond motifs is 4. The first kappa shape index (κ1) is 26.8. The molecule has 5 aromatic rings. The standard InChI is InChI=1S/C33H34N4O4/c1-23-33(24(2)41-35-23)27-10-11-31-29(20-27)19-25-6-5-7-26(18-25)22-36(14-15-39-16-17-40-31)32(38)12-13-37-30-9-4-3-8-28(30)21-34-37/h3-11,18,20-21H,12-17,19,22H2,1-2H3. The predicted molar refractivity (Wildman–Crippen MR) is 157 cm³/mol. The van der Waals surface area contributed by atoms with E-state index < -0.39 is 0 Å². The van der Waals surface area contributed by atoms with Crippen molar-refractivity contribution in [1.29, 1.82) is 0 Å². The Morgan fingerprint density at radius 3 is 2.71 bits per heavy atom. The van der Waals surface area contributed by atoms with Crippen LogP contribution in [0.4, 0.5) is 0 Å². The number of carbonyl (C=O) groups is 1. The van der Waals surface area contributed by atoms with Gasteiger partial charge >= 0.3 is 0 Å². The van der Waals surface area contributed by atoms with Crippen LogP contribution in [0.25, 0.3) is 22.0 Å². The van der Waals surface area contributed by atoms with E-state index in [9.17, 15) is 4.79 Å². The van der Waals surface area contributed by atoms with Gasteiger partial charge in [-0.25, -0.2) is 0 Å². The minimum absolute atomic E-state index is 0.0800. The Kier molecular flexibility index (Phi) is 7.82. The van der Waals surface area contributed by atoms with E-state index in [2.05, 4.69) is 46.7 Å². The maximum Gasteiger partial charge on any atom is 0.224 e. The molecule has 0 spiro atoms. The van der Waals surface area contributed by atoms with E-state index in [4.69, 9.17) is 14.0 Å². The van der Waals surface area contributed by atoms with Gasteiger partial charge in [0.05, 0.1) is 37.2 Å². The summed E-state index contributed by atoms with van der Waals surface area (Å²) in [5.74, 6) is 1.72. The van der Waals surface area contributed by atoms with Gasteiger partial charge in [-0.15, -0.1) is 0 Å². The van der Waals surface area contributed by atoms with Crippen molar-refractivity contribution in [3.05, 3.63) is 101 Å². The molecule has 0 fully saturated rings. The third-order valence-electron chi connectivity index (χ3n) is 7.57. The summed E-state index contributed by atoms with van der Waals surface area (Å²) < 4.78 is 19.4. The molecule has 41 heavy (non-hydrogen) atoms. The quantitative estimate of drug-likeness (QED) is 0.284. The van der Waals surface area contributed by atoms with Crippen molar-refractivity contribution in [1.82, 2.24) is 19.8 Å². The number of aromatic nitrogens is 3. The van der Waals surface area contributed by atoms with Gasteiger partial charge in [-0.3, -0.25) is 9.48 Å². The number of benzene rings is 3. The van der Waals surface area contributed by atoms with E-state index in [1.165, 1.54) is 0 Å². The van der Waals surface area contributed by atoms with E-state index >= 15 is 0 Å². The number of rotatable bonds is 4. The second-order valence-corrected chi connectivity index (χ2v) is 10.5. The maximum atomic E-state index is 13.4. The van der Waals surface area contributed by atoms with Crippen LogP contribution < -0.4 is 4.74 Å². The molecule has 0 atom stereocenters. The highest BCUT2D eigenvalue weighted by Gasteiger charge is 2.18. The number of carbonyl (C=O) groups excluding carboxylic acids is 1. The largest absolute Gasteiger partial charge is 0.491 e. The molecule has 6 rings (SSSR count). The van der Waals surface area contributed by atoms with Crippen molar-refractivity contribution in [3.63, 3.8) is 0 Å². The Balaban J connectivity index is 1.23. The summed E-state index contributed by atoms with van der Waals surface area (Å²) in [7, 11) is 0. The van der Waals surface area contributed by atoms with Crippen LogP contribution in [-0.4, -0.2) is 52.1 Å². The molecule has 3 heterocycles. The van der Waals surface area contributed by atoms with Gasteiger partial charge in [0.15, 0.2) is 0 Å². The fraction of sp³-hybridized carbons (Fsp3) is 0.303. The molecule has 8 heteroatoms. The van der Waals surface area contributed by atoms with Gasteiger partial charge in [-0.2, -0.15) is 5.10 Å². The number of ether oxygens (including phenoxy) is 2. The van der Waals surface area contributed by atoms with Crippen LogP contribution in [0.5, 0.6) is 5.75 Å². The van der Waals surface area contributed by atoms with Crippen LogP contribution in [0.15, 0.2) is 77.4 Å². The Morgan fingerprint density at radius 2 is 1.83 bits per heavy atom. The first-order valence-electron chi connectivity index (χ1n) is 14.1. The fourth-order valence-corrected chi connectivity index (χ4v) is 5.53. The third-order valence-corrected chi connectivity index (χ3v) is 7.57. The first-order chi connectivity index (χ1) is 20.0. The lowest BCUT2D eigenvalue weighted by Gasteiger charge is -2.24. The van der Waals surface area contributed by atoms with Crippen molar-refractivity contribution in [2.75, 3.05) is 26.4 Å². The minimum Gasteiger partial charge on any atom is -0.491 e. The average Bonchev–Trinajstić information content (AvgIpc) is 3.55. The molecule has 1 amide bonds. The molecule has 0 unspecified atom stereocenters. The molecule has 0 aliphatic carbocycles. The number of para-hydroxylation sites is 1. The van der Waals surface area contributed by atoms with Crippen LogP contribution in [0.2, 0.25) is 0 Å². The van der Waals surface area contributed by atoms with E-state index in [1.54, 1.807) is 0 Å². The number of hydrogen-bond donors (Lipinski definition) is 0. The highest BCUT2D eigenvalue weighted by Crippen LogP contribution is 2.32. The molecule has 2 aromatic heterocycles. The molecule has 210 valence electrons. The average molecular weight is 551 g/mol. The molecule has 1 aliphatic rings. The zero-order chi connectivity index (χ0) is 28.2. The molecular formula is C33H34N4O4. The fourth-order valence-electron chi connectivity index (χ4n) is 5.53. The van der Waals surface area contributed by atoms with E-state index in [1.807, 2.05) is 60.0 Å². The molecule has 0 radical (unpaired) electrons. The number of nitrogens with zero attached hydrogens (tertiary/aromatic N) is 4. The van der Waals surface area contributed by atoms with E-state index in [0.29, 0.717) is 52.3 Å². The Hall–Kier alpha value is -4.43. The minimum atomic E-state index is 0.0800. The molecule has 0 saturated heterocycles. The molecular weight excluding hydrogens is 516 g/mol. The Labute approximate surface area is 239 Å². The Morgan fingerprint density at radius 1 is 0.951 bits per heavy atom. The third kappa shape index (κ3) is 6.02. The monoisotopic (exact) mass is 550 g/mol. The molecule has 1 aliphatic heterocycles. The van der Waals surface area contributed by atoms with Gasteiger partial charge in [0, 0.05) is 36.9 Å². The molecule has 0 N–H and O–H groups in total. The highest BCUT2D eigenvalue weighted by atomic mass is 16.5. The van der Waals surface area contributed by atoms with Crippen LogP contribution in [0, 0.1) is 13.8 Å². The van der Waals surface area contributed by atoms with Crippen LogP contribution >= 0.6 is 0 Å². The summed E-state index contributed by atoms with van der Waals surface area (Å²) in [6.45, 7) is 6.77. The number of amides is 1. The normalized spacial score (nSPS) is 14.3. The van der Waals surface area contributed by atoms with Crippen molar-refractivity contribution in [2.24, 2.45) is 0 Å². The second-order valence-electron chi connectivity index (χ2n) is 10.5. The van der Waals surface area contributed by atoms with Gasteiger partial charge in [-0.1, -0.05) is 53.7 Å². The lowest BCUT2D eigenvalue weighted by atomic mass is 9.96. The molecule has 0 saturated carbocycles. The molecule has 8 nitrogen and oxygen atoms in total. The van der Waals surface area contributed by atoms with Gasteiger partial charge in [0.25, 0.3) is 0 Å². The van der Waals surface area contributed by atoms with Crippen LogP contribution in [-0.2, 0) is 29.0 Å². The van der Waals surface area contributed by atoms with Crippen molar-refractivity contribution >= 4 is 16.8 Å². The van der Waals surface area contributed by atoms with Crippen molar-refractivity contribution < 1.29 is 18.8 Å². The van der Waals surface area contributed by atoms with Crippen LogP contribution in [0.1, 0.15) is 34.6 Å². The lowest BCUT2D eigenvalue weighted by Crippen LogP contribution is -2.34. The highest BCUT2D eigenvalue weighted by molar-refractivity contribution is 5.79. The van der Waals surface area contributed by atoms with E-state index in [0.717, 1.165) is 55.9 Å². The molecule has 2 bridgehead atoms. The first-order valence-corrected chi connectivity index (χ1v) is 14.1. The second kappa shape index (κ2) is 12.0. The zero-order valence-corrected chi connectivity index (χ0v) is 23.5. The summed E-state index contributed by atoms with van der Waals surface area (Å²) >= 11 is 0. The smallest absolute Gasteiger partial charge is 0.224 e. The van der Waals surface area contributed by atoms with Crippen molar-refractivity contribution in [3.8, 4) is 16.9 Å². The lowest BCUT2D eigenvalue weighted by molar-refractivity contribution is -0.133. The van der Waals surface area contributed by atoms with Crippen molar-refractivity contribution in [2.45, 2.75) is 39.8 Å². The summed E-state index contributed by atoms with van der Waals surface area (Å²) in [6.07, 6.45) is 2.91. The maximum absolute atomic E-state index is 13.4. The van der Waals surface area contributed by atoms with E-state index in [-0.39, 0.29) is 5.91 Å².